The average molecular weight is 306 g/mol. The van der Waals surface area contributed by atoms with E-state index in [1.807, 2.05) is 30.3 Å². The van der Waals surface area contributed by atoms with Crippen LogP contribution in [-0.4, -0.2) is 22.0 Å². The third kappa shape index (κ3) is 3.32. The Morgan fingerprint density at radius 2 is 2.04 bits per heavy atom. The fraction of sp³-hybridized carbons (Fsp3) is 0.0588. The molecule has 0 aliphatic carbocycles. The highest BCUT2D eigenvalue weighted by molar-refractivity contribution is 6.11. The van der Waals surface area contributed by atoms with E-state index in [2.05, 4.69) is 15.3 Å². The van der Waals surface area contributed by atoms with Crippen molar-refractivity contribution in [3.05, 3.63) is 77.6 Å². The third-order valence-corrected chi connectivity index (χ3v) is 3.27. The summed E-state index contributed by atoms with van der Waals surface area (Å²) < 4.78 is 5.29. The van der Waals surface area contributed by atoms with Crippen LogP contribution < -0.4 is 5.32 Å². The van der Waals surface area contributed by atoms with E-state index < -0.39 is 0 Å². The van der Waals surface area contributed by atoms with Gasteiger partial charge >= 0.3 is 0 Å². The lowest BCUT2D eigenvalue weighted by Gasteiger charge is -2.10. The van der Waals surface area contributed by atoms with Gasteiger partial charge in [-0.2, -0.15) is 0 Å². The van der Waals surface area contributed by atoms with Crippen molar-refractivity contribution in [1.29, 1.82) is 5.41 Å². The minimum Gasteiger partial charge on any atom is -0.452 e. The van der Waals surface area contributed by atoms with Gasteiger partial charge in [0.25, 0.3) is 0 Å². The number of hydrogen-bond acceptors (Lipinski definition) is 6. The van der Waals surface area contributed by atoms with Gasteiger partial charge in [-0.25, -0.2) is 9.97 Å². The standard InChI is InChI=1S/C17H14N4O2/c18-16(15-7-6-13(10-22)23-15)14-9-19-11-21-17(14)20-8-12-4-2-1-3-5-12/h1-7,9-11,18H,8H2,(H,19,20,21). The van der Waals surface area contributed by atoms with Crippen LogP contribution in [-0.2, 0) is 6.54 Å². The van der Waals surface area contributed by atoms with Crippen molar-refractivity contribution >= 4 is 17.8 Å². The Labute approximate surface area is 132 Å². The van der Waals surface area contributed by atoms with Gasteiger partial charge in [-0.15, -0.1) is 0 Å². The molecule has 0 aliphatic heterocycles. The van der Waals surface area contributed by atoms with Gasteiger partial charge in [0.2, 0.25) is 0 Å². The van der Waals surface area contributed by atoms with Gasteiger partial charge in [-0.3, -0.25) is 10.2 Å². The molecule has 0 amide bonds. The number of nitrogens with zero attached hydrogens (tertiary/aromatic N) is 2. The highest BCUT2D eigenvalue weighted by Crippen LogP contribution is 2.18. The average Bonchev–Trinajstić information content (AvgIpc) is 3.10. The first-order chi connectivity index (χ1) is 11.3. The molecule has 2 N–H and O–H groups in total. The summed E-state index contributed by atoms with van der Waals surface area (Å²) in [6, 6.07) is 13.0. The predicted octanol–water partition coefficient (Wildman–Crippen LogP) is 2.91. The Balaban J connectivity index is 1.82. The summed E-state index contributed by atoms with van der Waals surface area (Å²) >= 11 is 0. The molecule has 6 heteroatoms. The van der Waals surface area contributed by atoms with Crippen LogP contribution in [0.4, 0.5) is 5.82 Å². The number of aromatic nitrogens is 2. The van der Waals surface area contributed by atoms with Gasteiger partial charge in [0.15, 0.2) is 17.8 Å². The fourth-order valence-corrected chi connectivity index (χ4v) is 2.12. The number of benzene rings is 1. The van der Waals surface area contributed by atoms with Crippen LogP contribution in [0.1, 0.15) is 27.4 Å². The van der Waals surface area contributed by atoms with E-state index in [1.54, 1.807) is 12.3 Å². The lowest BCUT2D eigenvalue weighted by molar-refractivity contribution is 0.110. The summed E-state index contributed by atoms with van der Waals surface area (Å²) in [6.07, 6.45) is 3.57. The number of anilines is 1. The number of aldehydes is 1. The Bertz CT molecular complexity index is 827. The molecule has 2 heterocycles. The molecule has 0 saturated heterocycles. The second-order valence-corrected chi connectivity index (χ2v) is 4.82. The van der Waals surface area contributed by atoms with Gasteiger partial charge in [-0.05, 0) is 17.7 Å². The largest absolute Gasteiger partial charge is 0.452 e. The van der Waals surface area contributed by atoms with Crippen molar-refractivity contribution < 1.29 is 9.21 Å². The van der Waals surface area contributed by atoms with E-state index in [4.69, 9.17) is 9.83 Å². The Hall–Kier alpha value is -3.28. The molecule has 0 spiro atoms. The molecule has 3 aromatic rings. The van der Waals surface area contributed by atoms with Gasteiger partial charge in [-0.1, -0.05) is 30.3 Å². The summed E-state index contributed by atoms with van der Waals surface area (Å²) in [5.41, 5.74) is 1.73. The molecular weight excluding hydrogens is 292 g/mol. The molecule has 1 aromatic carbocycles. The first-order valence-corrected chi connectivity index (χ1v) is 7.00. The van der Waals surface area contributed by atoms with E-state index >= 15 is 0 Å². The highest BCUT2D eigenvalue weighted by atomic mass is 16.3. The van der Waals surface area contributed by atoms with Gasteiger partial charge in [0.1, 0.15) is 17.9 Å². The molecule has 0 bridgehead atoms. The Kier molecular flexibility index (Phi) is 4.24. The highest BCUT2D eigenvalue weighted by Gasteiger charge is 2.15. The number of carbonyl (C=O) groups is 1. The molecule has 0 aliphatic rings. The normalized spacial score (nSPS) is 10.3. The van der Waals surface area contributed by atoms with Crippen LogP contribution in [0.3, 0.4) is 0 Å². The van der Waals surface area contributed by atoms with E-state index in [1.165, 1.54) is 12.4 Å². The zero-order chi connectivity index (χ0) is 16.1. The molecule has 0 fully saturated rings. The summed E-state index contributed by atoms with van der Waals surface area (Å²) in [7, 11) is 0. The smallest absolute Gasteiger partial charge is 0.185 e. The maximum Gasteiger partial charge on any atom is 0.185 e. The Morgan fingerprint density at radius 1 is 1.22 bits per heavy atom. The summed E-state index contributed by atoms with van der Waals surface area (Å²) in [5, 5.41) is 11.5. The summed E-state index contributed by atoms with van der Waals surface area (Å²) in [5.74, 6) is 1.02. The number of nitrogens with one attached hydrogen (secondary N) is 2. The molecule has 3 rings (SSSR count). The second kappa shape index (κ2) is 6.65. The molecule has 2 aromatic heterocycles. The minimum absolute atomic E-state index is 0.120. The van der Waals surface area contributed by atoms with E-state index in [0.29, 0.717) is 30.0 Å². The van der Waals surface area contributed by atoms with E-state index in [-0.39, 0.29) is 11.5 Å². The maximum absolute atomic E-state index is 10.7. The lowest BCUT2D eigenvalue weighted by Crippen LogP contribution is -2.10. The molecule has 23 heavy (non-hydrogen) atoms. The van der Waals surface area contributed by atoms with E-state index in [0.717, 1.165) is 5.56 Å². The molecule has 114 valence electrons. The van der Waals surface area contributed by atoms with Crippen molar-refractivity contribution in [1.82, 2.24) is 9.97 Å². The topological polar surface area (TPSA) is 91.9 Å². The van der Waals surface area contributed by atoms with Crippen LogP contribution in [0.5, 0.6) is 0 Å². The van der Waals surface area contributed by atoms with Crippen molar-refractivity contribution in [2.24, 2.45) is 0 Å². The quantitative estimate of drug-likeness (QED) is 0.539. The molecule has 0 unspecified atom stereocenters. The zero-order valence-corrected chi connectivity index (χ0v) is 12.2. The van der Waals surface area contributed by atoms with Crippen LogP contribution in [0.2, 0.25) is 0 Å². The number of rotatable bonds is 6. The summed E-state index contributed by atoms with van der Waals surface area (Å²) in [4.78, 5) is 18.9. The molecule has 0 atom stereocenters. The second-order valence-electron chi connectivity index (χ2n) is 4.82. The lowest BCUT2D eigenvalue weighted by atomic mass is 10.1. The van der Waals surface area contributed by atoms with Crippen molar-refractivity contribution in [3.8, 4) is 0 Å². The molecule has 0 saturated carbocycles. The summed E-state index contributed by atoms with van der Waals surface area (Å²) in [6.45, 7) is 0.579. The fourth-order valence-electron chi connectivity index (χ4n) is 2.12. The third-order valence-electron chi connectivity index (χ3n) is 3.27. The van der Waals surface area contributed by atoms with E-state index in [9.17, 15) is 4.79 Å². The number of hydrogen-bond donors (Lipinski definition) is 2. The predicted molar refractivity (Wildman–Crippen MR) is 85.8 cm³/mol. The zero-order valence-electron chi connectivity index (χ0n) is 12.2. The first-order valence-electron chi connectivity index (χ1n) is 7.00. The minimum atomic E-state index is 0.120. The maximum atomic E-state index is 10.7. The van der Waals surface area contributed by atoms with Gasteiger partial charge in [0, 0.05) is 12.7 Å². The monoisotopic (exact) mass is 306 g/mol. The SMILES string of the molecule is N=C(c1ccc(C=O)o1)c1cncnc1NCc1ccccc1. The van der Waals surface area contributed by atoms with Crippen molar-refractivity contribution in [2.45, 2.75) is 6.54 Å². The molecule has 0 radical (unpaired) electrons. The number of carbonyl (C=O) groups excluding carboxylic acids is 1. The van der Waals surface area contributed by atoms with Crippen molar-refractivity contribution in [2.75, 3.05) is 5.32 Å². The van der Waals surface area contributed by atoms with Crippen LogP contribution in [0.25, 0.3) is 0 Å². The molecule has 6 nitrogen and oxygen atoms in total. The van der Waals surface area contributed by atoms with Gasteiger partial charge < -0.3 is 9.73 Å². The van der Waals surface area contributed by atoms with Crippen LogP contribution in [0, 0.1) is 5.41 Å². The van der Waals surface area contributed by atoms with Crippen molar-refractivity contribution in [3.63, 3.8) is 0 Å². The van der Waals surface area contributed by atoms with Gasteiger partial charge in [0.05, 0.1) is 5.56 Å². The Morgan fingerprint density at radius 3 is 2.78 bits per heavy atom. The van der Waals surface area contributed by atoms with Crippen LogP contribution in [0.15, 0.2) is 59.4 Å². The number of furan rings is 1. The first kappa shape index (κ1) is 14.6. The molecular formula is C17H14N4O2. The van der Waals surface area contributed by atoms with Crippen LogP contribution >= 0.6 is 0 Å².